The van der Waals surface area contributed by atoms with Crippen molar-refractivity contribution in [1.29, 1.82) is 0 Å². The number of halogens is 4. The molecule has 0 heterocycles. The number of para-hydroxylation sites is 1. The molecule has 0 fully saturated rings. The summed E-state index contributed by atoms with van der Waals surface area (Å²) in [6.45, 7) is 0. The van der Waals surface area contributed by atoms with Gasteiger partial charge in [-0.2, -0.15) is 0 Å². The van der Waals surface area contributed by atoms with Crippen molar-refractivity contribution in [1.82, 2.24) is 0 Å². The Morgan fingerprint density at radius 1 is 0.596 bits per heavy atom. The van der Waals surface area contributed by atoms with Crippen molar-refractivity contribution >= 4 is 34.9 Å². The highest BCUT2D eigenvalue weighted by Gasteiger charge is 2.22. The van der Waals surface area contributed by atoms with Gasteiger partial charge in [-0.25, -0.2) is 8.78 Å². The summed E-state index contributed by atoms with van der Waals surface area (Å²) in [6, 6.07) is 29.7. The van der Waals surface area contributed by atoms with Gasteiger partial charge < -0.3 is 36.8 Å². The molecule has 0 unspecified atom stereocenters. The van der Waals surface area contributed by atoms with Crippen LogP contribution in [0.2, 0.25) is 10.0 Å². The number of hydrogen-bond donors (Lipinski definition) is 6. The van der Waals surface area contributed by atoms with Crippen LogP contribution in [0.5, 0.6) is 17.2 Å². The smallest absolute Gasteiger partial charge is 0.170 e. The molecule has 52 heavy (non-hydrogen) atoms. The van der Waals surface area contributed by atoms with Gasteiger partial charge in [-0.05, 0) is 95.1 Å². The molecule has 13 heteroatoms. The number of benzene rings is 6. The number of aromatic hydroxyl groups is 2. The Morgan fingerprint density at radius 3 is 1.52 bits per heavy atom. The van der Waals surface area contributed by atoms with Crippen LogP contribution in [-0.2, 0) is 0 Å². The molecule has 6 aromatic rings. The van der Waals surface area contributed by atoms with E-state index in [1.807, 2.05) is 18.2 Å². The molecule has 6 aromatic carbocycles. The van der Waals surface area contributed by atoms with Gasteiger partial charge >= 0.3 is 0 Å². The highest BCUT2D eigenvalue weighted by Crippen LogP contribution is 2.42. The quantitative estimate of drug-likeness (QED) is 0.0410. The molecule has 264 valence electrons. The van der Waals surface area contributed by atoms with Crippen LogP contribution in [0.3, 0.4) is 0 Å². The second kappa shape index (κ2) is 16.2. The largest absolute Gasteiger partial charge is 0.508 e. The monoisotopic (exact) mass is 742 g/mol. The highest BCUT2D eigenvalue weighted by atomic mass is 35.5. The molecule has 0 atom stereocenters. The number of ether oxygens (including phenoxy) is 1. The number of nitrogens with zero attached hydrogens (tertiary/aromatic N) is 2. The number of phenolic OH excluding ortho intramolecular Hbond substituents is 2. The molecule has 0 spiro atoms. The number of oxime groups is 2. The summed E-state index contributed by atoms with van der Waals surface area (Å²) in [4.78, 5) is 0. The van der Waals surface area contributed by atoms with E-state index in [1.54, 1.807) is 48.5 Å². The van der Waals surface area contributed by atoms with Crippen molar-refractivity contribution in [2.75, 3.05) is 7.11 Å². The molecule has 0 saturated heterocycles. The van der Waals surface area contributed by atoms with Crippen molar-refractivity contribution in [3.63, 3.8) is 0 Å². The lowest BCUT2D eigenvalue weighted by molar-refractivity contribution is 0.318. The summed E-state index contributed by atoms with van der Waals surface area (Å²) in [6.07, 6.45) is 0. The van der Waals surface area contributed by atoms with Crippen molar-refractivity contribution in [2.45, 2.75) is 0 Å². The average Bonchev–Trinajstić information content (AvgIpc) is 3.15. The number of hydrogen-bond acceptors (Lipinski definition) is 7. The molecule has 0 aliphatic carbocycles. The highest BCUT2D eigenvalue weighted by molar-refractivity contribution is 6.36. The lowest BCUT2D eigenvalue weighted by Crippen LogP contribution is -2.15. The number of rotatable bonds is 7. The predicted molar refractivity (Wildman–Crippen MR) is 199 cm³/mol. The molecule has 0 aliphatic rings. The molecule has 0 aromatic heterocycles. The second-order valence-corrected chi connectivity index (χ2v) is 12.0. The van der Waals surface area contributed by atoms with Gasteiger partial charge in [0.25, 0.3) is 0 Å². The Hall–Kier alpha value is -6.30. The molecular formula is C39H30Cl2F2N4O5. The number of nitrogens with two attached hydrogens (primary N) is 2. The van der Waals surface area contributed by atoms with E-state index in [0.717, 1.165) is 6.07 Å². The first kappa shape index (κ1) is 37.0. The minimum absolute atomic E-state index is 0.0733. The summed E-state index contributed by atoms with van der Waals surface area (Å²) >= 11 is 12.4. The molecule has 6 rings (SSSR count). The zero-order valence-corrected chi connectivity index (χ0v) is 28.7. The molecule has 0 radical (unpaired) electrons. The predicted octanol–water partition coefficient (Wildman–Crippen LogP) is 9.23. The Labute approximate surface area is 306 Å². The van der Waals surface area contributed by atoms with E-state index in [-0.39, 0.29) is 34.3 Å². The van der Waals surface area contributed by atoms with Gasteiger partial charge in [0.1, 0.15) is 28.9 Å². The van der Waals surface area contributed by atoms with Crippen LogP contribution in [0.15, 0.2) is 126 Å². The third-order valence-corrected chi connectivity index (χ3v) is 8.47. The average molecular weight is 744 g/mol. The Balaban J connectivity index is 0.000000201. The van der Waals surface area contributed by atoms with Crippen LogP contribution in [0.4, 0.5) is 8.78 Å². The van der Waals surface area contributed by atoms with Gasteiger partial charge in [-0.3, -0.25) is 0 Å². The molecule has 9 nitrogen and oxygen atoms in total. The summed E-state index contributed by atoms with van der Waals surface area (Å²) < 4.78 is 34.0. The third kappa shape index (κ3) is 8.02. The van der Waals surface area contributed by atoms with Crippen LogP contribution in [0.25, 0.3) is 44.5 Å². The van der Waals surface area contributed by atoms with E-state index < -0.39 is 11.6 Å². The van der Waals surface area contributed by atoms with E-state index in [2.05, 4.69) is 10.3 Å². The van der Waals surface area contributed by atoms with E-state index in [9.17, 15) is 19.0 Å². The van der Waals surface area contributed by atoms with Crippen LogP contribution in [-0.4, -0.2) is 39.4 Å². The van der Waals surface area contributed by atoms with Crippen LogP contribution in [0, 0.1) is 11.6 Å². The summed E-state index contributed by atoms with van der Waals surface area (Å²) in [5.74, 6) is -0.859. The van der Waals surface area contributed by atoms with Gasteiger partial charge in [-0.1, -0.05) is 76.0 Å². The molecule has 0 saturated carbocycles. The molecule has 0 aliphatic heterocycles. The SMILES string of the molecule is COc1ccccc1-c1c(C(N)=NO)cc(F)cc1-c1ccc(O)cc1.NC(=NO)c1cc(F)cc(-c2ccc(O)cc2)c1-c1cc(Cl)ccc1Cl. The topological polar surface area (TPSA) is 167 Å². The fourth-order valence-electron chi connectivity index (χ4n) is 5.58. The fourth-order valence-corrected chi connectivity index (χ4v) is 5.97. The maximum absolute atomic E-state index is 14.3. The van der Waals surface area contributed by atoms with E-state index in [4.69, 9.17) is 49.8 Å². The van der Waals surface area contributed by atoms with Gasteiger partial charge in [0.2, 0.25) is 0 Å². The lowest BCUT2D eigenvalue weighted by atomic mass is 9.89. The fraction of sp³-hybridized carbons (Fsp3) is 0.0256. The van der Waals surface area contributed by atoms with Crippen LogP contribution >= 0.6 is 23.2 Å². The van der Waals surface area contributed by atoms with Crippen molar-refractivity contribution < 1.29 is 34.1 Å². The molecule has 0 amide bonds. The Morgan fingerprint density at radius 2 is 1.06 bits per heavy atom. The second-order valence-electron chi connectivity index (χ2n) is 11.1. The summed E-state index contributed by atoms with van der Waals surface area (Å²) in [7, 11) is 1.53. The normalized spacial score (nSPS) is 11.5. The van der Waals surface area contributed by atoms with Gasteiger partial charge in [-0.15, -0.1) is 0 Å². The maximum atomic E-state index is 14.3. The Kier molecular flexibility index (Phi) is 11.5. The molecule has 8 N–H and O–H groups in total. The van der Waals surface area contributed by atoms with E-state index >= 15 is 0 Å². The van der Waals surface area contributed by atoms with Gasteiger partial charge in [0, 0.05) is 43.4 Å². The first-order valence-corrected chi connectivity index (χ1v) is 16.0. The lowest BCUT2D eigenvalue weighted by Gasteiger charge is -2.17. The first-order valence-electron chi connectivity index (χ1n) is 15.3. The zero-order valence-electron chi connectivity index (χ0n) is 27.2. The first-order chi connectivity index (χ1) is 24.9. The number of methoxy groups -OCH3 is 1. The summed E-state index contributed by atoms with van der Waals surface area (Å²) in [5.41, 5.74) is 16.4. The van der Waals surface area contributed by atoms with Gasteiger partial charge in [0.15, 0.2) is 11.7 Å². The van der Waals surface area contributed by atoms with E-state index in [1.165, 1.54) is 49.6 Å². The van der Waals surface area contributed by atoms with Crippen LogP contribution in [0.1, 0.15) is 11.1 Å². The minimum Gasteiger partial charge on any atom is -0.508 e. The summed E-state index contributed by atoms with van der Waals surface area (Å²) in [5, 5.41) is 44.2. The van der Waals surface area contributed by atoms with Crippen molar-refractivity contribution in [3.8, 4) is 61.8 Å². The Bertz CT molecular complexity index is 2300. The van der Waals surface area contributed by atoms with Crippen molar-refractivity contribution in [3.05, 3.63) is 148 Å². The van der Waals surface area contributed by atoms with Crippen molar-refractivity contribution in [2.24, 2.45) is 21.8 Å². The van der Waals surface area contributed by atoms with E-state index in [0.29, 0.717) is 60.3 Å². The van der Waals surface area contributed by atoms with Gasteiger partial charge in [0.05, 0.1) is 7.11 Å². The zero-order chi connectivity index (χ0) is 37.5. The maximum Gasteiger partial charge on any atom is 0.170 e. The van der Waals surface area contributed by atoms with Crippen LogP contribution < -0.4 is 16.2 Å². The molecular weight excluding hydrogens is 713 g/mol. The molecule has 0 bridgehead atoms. The third-order valence-electron chi connectivity index (χ3n) is 7.90. The standard InChI is InChI=1S/C20H17FN2O3.C19H13Cl2FN2O2/c1-26-18-5-3-2-4-15(18)19-16(12-6-8-14(24)9-7-12)10-13(21)11-17(19)20(22)23-25;20-11-3-6-17(21)15(7-11)18-14(10-1-4-13(25)5-2-10)8-12(22)9-16(18)19(23)24-26/h2-11,24-25H,1H3,(H2,22,23);1-9,25-26H,(H2,23,24). The number of phenols is 2. The number of amidine groups is 2. The minimum atomic E-state index is -0.573.